The molecule has 176 valence electrons. The molecule has 3 aromatic carbocycles. The number of nitrogens with one attached hydrogen (secondary N) is 2. The summed E-state index contributed by atoms with van der Waals surface area (Å²) < 4.78 is 1.83. The van der Waals surface area contributed by atoms with Crippen LogP contribution in [0.5, 0.6) is 0 Å². The number of hydrogen-bond acceptors (Lipinski definition) is 5. The highest BCUT2D eigenvalue weighted by Crippen LogP contribution is 2.37. The summed E-state index contributed by atoms with van der Waals surface area (Å²) in [6.45, 7) is 5.96. The van der Waals surface area contributed by atoms with Crippen LogP contribution in [0, 0.1) is 13.8 Å². The first-order chi connectivity index (χ1) is 17.0. The maximum Gasteiger partial charge on any atom is 0.255 e. The van der Waals surface area contributed by atoms with Crippen molar-refractivity contribution in [3.8, 4) is 0 Å². The monoisotopic (exact) mass is 481 g/mol. The summed E-state index contributed by atoms with van der Waals surface area (Å²) in [6, 6.07) is 25.9. The average molecular weight is 482 g/mol. The van der Waals surface area contributed by atoms with Crippen molar-refractivity contribution in [1.29, 1.82) is 0 Å². The van der Waals surface area contributed by atoms with Crippen molar-refractivity contribution in [2.24, 2.45) is 0 Å². The van der Waals surface area contributed by atoms with Gasteiger partial charge in [-0.2, -0.15) is 4.98 Å². The van der Waals surface area contributed by atoms with Gasteiger partial charge in [0.25, 0.3) is 5.91 Å². The smallest absolute Gasteiger partial charge is 0.255 e. The Labute approximate surface area is 209 Å². The number of amides is 1. The number of hydrogen-bond donors (Lipinski definition) is 2. The van der Waals surface area contributed by atoms with E-state index in [4.69, 9.17) is 10.1 Å². The third-order valence-corrected chi connectivity index (χ3v) is 6.98. The van der Waals surface area contributed by atoms with Gasteiger partial charge in [0.15, 0.2) is 0 Å². The predicted octanol–water partition coefficient (Wildman–Crippen LogP) is 6.11. The zero-order chi connectivity index (χ0) is 24.4. The Morgan fingerprint density at radius 3 is 2.43 bits per heavy atom. The number of rotatable bonds is 6. The quantitative estimate of drug-likeness (QED) is 0.325. The summed E-state index contributed by atoms with van der Waals surface area (Å²) in [7, 11) is 0. The topological polar surface area (TPSA) is 71.8 Å². The number of nitrogens with zero attached hydrogens (tertiary/aromatic N) is 3. The van der Waals surface area contributed by atoms with Crippen molar-refractivity contribution in [3.63, 3.8) is 0 Å². The van der Waals surface area contributed by atoms with Crippen LogP contribution < -0.4 is 10.6 Å². The molecule has 0 spiro atoms. The van der Waals surface area contributed by atoms with Crippen molar-refractivity contribution in [2.45, 2.75) is 37.7 Å². The molecule has 6 nitrogen and oxygen atoms in total. The van der Waals surface area contributed by atoms with Crippen molar-refractivity contribution in [2.75, 3.05) is 10.6 Å². The highest BCUT2D eigenvalue weighted by Gasteiger charge is 2.34. The van der Waals surface area contributed by atoms with Gasteiger partial charge in [0.1, 0.15) is 6.04 Å². The molecule has 0 unspecified atom stereocenters. The first-order valence-electron chi connectivity index (χ1n) is 11.5. The highest BCUT2D eigenvalue weighted by molar-refractivity contribution is 7.98. The summed E-state index contributed by atoms with van der Waals surface area (Å²) in [5.74, 6) is 1.25. The van der Waals surface area contributed by atoms with Crippen LogP contribution in [0.1, 0.15) is 35.2 Å². The fraction of sp³-hybridized carbons (Fsp3) is 0.179. The molecule has 0 fully saturated rings. The zero-order valence-corrected chi connectivity index (χ0v) is 20.8. The predicted molar refractivity (Wildman–Crippen MR) is 141 cm³/mol. The van der Waals surface area contributed by atoms with E-state index in [9.17, 15) is 4.79 Å². The second-order valence-corrected chi connectivity index (χ2v) is 9.63. The standard InChI is InChI=1S/C28H27N5OS/c1-18-13-15-22(16-14-18)25-24(26(34)30-23-12-8-7-9-19(23)2)20(3)29-27-31-28(32-33(25)27)35-17-21-10-5-4-6-11-21/h4-16,25H,17H2,1-3H3,(H,30,34)(H,29,31,32)/t25-/m1/s1. The van der Waals surface area contributed by atoms with Gasteiger partial charge in [-0.25, -0.2) is 4.68 Å². The molecule has 0 bridgehead atoms. The van der Waals surface area contributed by atoms with E-state index in [0.29, 0.717) is 16.7 Å². The fourth-order valence-electron chi connectivity index (χ4n) is 4.17. The summed E-state index contributed by atoms with van der Waals surface area (Å²) in [5, 5.41) is 11.9. The van der Waals surface area contributed by atoms with Crippen molar-refractivity contribution in [1.82, 2.24) is 14.8 Å². The van der Waals surface area contributed by atoms with Crippen LogP contribution in [0.3, 0.4) is 0 Å². The molecular weight excluding hydrogens is 454 g/mol. The highest BCUT2D eigenvalue weighted by atomic mass is 32.2. The van der Waals surface area contributed by atoms with Crippen molar-refractivity contribution < 1.29 is 4.79 Å². The zero-order valence-electron chi connectivity index (χ0n) is 19.9. The normalized spacial score (nSPS) is 14.9. The lowest BCUT2D eigenvalue weighted by Crippen LogP contribution is -2.31. The number of thioether (sulfide) groups is 1. The van der Waals surface area contributed by atoms with Gasteiger partial charge < -0.3 is 10.6 Å². The van der Waals surface area contributed by atoms with Crippen LogP contribution in [0.25, 0.3) is 0 Å². The van der Waals surface area contributed by atoms with E-state index >= 15 is 0 Å². The molecule has 0 aliphatic carbocycles. The van der Waals surface area contributed by atoms with E-state index in [0.717, 1.165) is 33.8 Å². The maximum atomic E-state index is 13.6. The Bertz CT molecular complexity index is 1390. The van der Waals surface area contributed by atoms with Crippen LogP contribution in [0.15, 0.2) is 95.3 Å². The molecule has 1 aromatic heterocycles. The van der Waals surface area contributed by atoms with Gasteiger partial charge in [-0.05, 0) is 43.5 Å². The molecule has 1 aliphatic heterocycles. The van der Waals surface area contributed by atoms with Gasteiger partial charge in [0.05, 0.1) is 5.57 Å². The molecule has 0 saturated heterocycles. The summed E-state index contributed by atoms with van der Waals surface area (Å²) in [6.07, 6.45) is 0. The van der Waals surface area contributed by atoms with Gasteiger partial charge in [0.2, 0.25) is 11.1 Å². The van der Waals surface area contributed by atoms with Gasteiger partial charge in [0, 0.05) is 17.1 Å². The number of anilines is 2. The average Bonchev–Trinajstić information content (AvgIpc) is 3.27. The number of fused-ring (bicyclic) bond motifs is 1. The van der Waals surface area contributed by atoms with Crippen LogP contribution in [-0.2, 0) is 10.5 Å². The van der Waals surface area contributed by atoms with Gasteiger partial charge in [-0.1, -0.05) is 90.1 Å². The Hall–Kier alpha value is -3.84. The van der Waals surface area contributed by atoms with E-state index in [2.05, 4.69) is 54.0 Å². The molecule has 2 N–H and O–H groups in total. The van der Waals surface area contributed by atoms with E-state index in [1.165, 1.54) is 5.56 Å². The molecule has 4 aromatic rings. The number of aromatic nitrogens is 3. The van der Waals surface area contributed by atoms with Crippen LogP contribution in [0.4, 0.5) is 11.6 Å². The van der Waals surface area contributed by atoms with E-state index < -0.39 is 6.04 Å². The molecular formula is C28H27N5OS. The minimum atomic E-state index is -0.394. The number of carbonyl (C=O) groups is 1. The second-order valence-electron chi connectivity index (χ2n) is 8.68. The third kappa shape index (κ3) is 4.86. The lowest BCUT2D eigenvalue weighted by molar-refractivity contribution is -0.113. The Morgan fingerprint density at radius 1 is 0.971 bits per heavy atom. The summed E-state index contributed by atoms with van der Waals surface area (Å²) in [5.41, 5.74) is 6.54. The molecule has 7 heteroatoms. The molecule has 2 heterocycles. The summed E-state index contributed by atoms with van der Waals surface area (Å²) in [4.78, 5) is 18.4. The van der Waals surface area contributed by atoms with Gasteiger partial charge in [-0.3, -0.25) is 4.79 Å². The van der Waals surface area contributed by atoms with Gasteiger partial charge >= 0.3 is 0 Å². The minimum Gasteiger partial charge on any atom is -0.328 e. The first kappa shape index (κ1) is 22.9. The van der Waals surface area contributed by atoms with Gasteiger partial charge in [-0.15, -0.1) is 5.10 Å². The SMILES string of the molecule is CC1=C(C(=O)Nc2ccccc2C)[C@@H](c2ccc(C)cc2)n2nc(SCc3ccccc3)nc2N1. The molecule has 1 aliphatic rings. The molecule has 0 radical (unpaired) electrons. The first-order valence-corrected chi connectivity index (χ1v) is 12.5. The number of benzene rings is 3. The minimum absolute atomic E-state index is 0.158. The number of para-hydroxylation sites is 1. The number of aryl methyl sites for hydroxylation is 2. The number of carbonyl (C=O) groups excluding carboxylic acids is 1. The van der Waals surface area contributed by atoms with Crippen molar-refractivity contribution in [3.05, 3.63) is 112 Å². The molecule has 5 rings (SSSR count). The Kier molecular flexibility index (Phi) is 6.42. The summed E-state index contributed by atoms with van der Waals surface area (Å²) >= 11 is 1.58. The molecule has 1 amide bonds. The van der Waals surface area contributed by atoms with E-state index in [1.54, 1.807) is 11.8 Å². The fourth-order valence-corrected chi connectivity index (χ4v) is 4.95. The van der Waals surface area contributed by atoms with Crippen LogP contribution in [-0.4, -0.2) is 20.7 Å². The Balaban J connectivity index is 1.50. The van der Waals surface area contributed by atoms with E-state index in [1.807, 2.05) is 61.0 Å². The second kappa shape index (κ2) is 9.80. The molecule has 1 atom stereocenters. The lowest BCUT2D eigenvalue weighted by atomic mass is 9.94. The molecule has 0 saturated carbocycles. The van der Waals surface area contributed by atoms with E-state index in [-0.39, 0.29) is 5.91 Å². The molecule has 35 heavy (non-hydrogen) atoms. The van der Waals surface area contributed by atoms with Crippen LogP contribution >= 0.6 is 11.8 Å². The third-order valence-electron chi connectivity index (χ3n) is 6.07. The lowest BCUT2D eigenvalue weighted by Gasteiger charge is -2.29. The maximum absolute atomic E-state index is 13.6. The largest absolute Gasteiger partial charge is 0.328 e. The van der Waals surface area contributed by atoms with Crippen molar-refractivity contribution >= 4 is 29.3 Å². The van der Waals surface area contributed by atoms with Crippen LogP contribution in [0.2, 0.25) is 0 Å². The number of allylic oxidation sites excluding steroid dienone is 1. The Morgan fingerprint density at radius 2 is 1.69 bits per heavy atom.